The van der Waals surface area contributed by atoms with Crippen molar-refractivity contribution in [3.05, 3.63) is 41.2 Å². The molecule has 1 N–H and O–H groups in total. The molecule has 0 spiro atoms. The average molecular weight is 444 g/mol. The average Bonchev–Trinajstić information content (AvgIpc) is 3.18. The Hall–Kier alpha value is -1.90. The van der Waals surface area contributed by atoms with E-state index in [1.54, 1.807) is 0 Å². The van der Waals surface area contributed by atoms with Crippen molar-refractivity contribution >= 4 is 17.7 Å². The Morgan fingerprint density at radius 3 is 2.55 bits per heavy atom. The van der Waals surface area contributed by atoms with Gasteiger partial charge < -0.3 is 14.6 Å². The maximum atomic E-state index is 12.4. The molecule has 0 bridgehead atoms. The first kappa shape index (κ1) is 22.3. The number of carbonyl (C=O) groups excluding carboxylic acids is 1. The summed E-state index contributed by atoms with van der Waals surface area (Å²) in [7, 11) is 0. The number of carbonyl (C=O) groups is 1. The smallest absolute Gasteiger partial charge is 0.230 e. The van der Waals surface area contributed by atoms with Gasteiger partial charge in [0.2, 0.25) is 5.91 Å². The fraction of sp³-hybridized carbons (Fsp3) is 0.609. The van der Waals surface area contributed by atoms with Gasteiger partial charge in [-0.2, -0.15) is 0 Å². The normalized spacial score (nSPS) is 18.2. The molecule has 8 heteroatoms. The van der Waals surface area contributed by atoms with Crippen LogP contribution in [0, 0.1) is 6.92 Å². The zero-order chi connectivity index (χ0) is 21.5. The molecule has 7 nitrogen and oxygen atoms in total. The van der Waals surface area contributed by atoms with Gasteiger partial charge in [0.15, 0.2) is 5.16 Å². The largest absolute Gasteiger partial charge is 0.379 e. The first-order valence-corrected chi connectivity index (χ1v) is 12.4. The highest BCUT2D eigenvalue weighted by atomic mass is 32.2. The van der Waals surface area contributed by atoms with Gasteiger partial charge in [0.25, 0.3) is 0 Å². The maximum absolute atomic E-state index is 12.4. The van der Waals surface area contributed by atoms with Gasteiger partial charge in [-0.3, -0.25) is 9.69 Å². The number of hydrogen-bond acceptors (Lipinski definition) is 6. The number of aryl methyl sites for hydroxylation is 1. The molecule has 0 unspecified atom stereocenters. The Labute approximate surface area is 188 Å². The second-order valence-electron chi connectivity index (χ2n) is 8.46. The summed E-state index contributed by atoms with van der Waals surface area (Å²) in [6.45, 7) is 7.12. The van der Waals surface area contributed by atoms with E-state index in [9.17, 15) is 4.79 Å². The van der Waals surface area contributed by atoms with Crippen molar-refractivity contribution in [2.75, 3.05) is 32.1 Å². The number of hydrogen-bond donors (Lipinski definition) is 1. The van der Waals surface area contributed by atoms with Gasteiger partial charge in [-0.05, 0) is 30.9 Å². The van der Waals surface area contributed by atoms with Gasteiger partial charge in [-0.15, -0.1) is 10.2 Å². The molecule has 0 atom stereocenters. The van der Waals surface area contributed by atoms with Crippen molar-refractivity contribution in [3.63, 3.8) is 0 Å². The monoisotopic (exact) mass is 443 g/mol. The number of thioether (sulfide) groups is 1. The lowest BCUT2D eigenvalue weighted by Gasteiger charge is -2.26. The molecule has 31 heavy (non-hydrogen) atoms. The Kier molecular flexibility index (Phi) is 7.99. The van der Waals surface area contributed by atoms with Crippen LogP contribution in [0.3, 0.4) is 0 Å². The van der Waals surface area contributed by atoms with E-state index in [0.29, 0.717) is 18.3 Å². The molecule has 4 rings (SSSR count). The number of ether oxygens (including phenoxy) is 1. The first-order chi connectivity index (χ1) is 15.2. The van der Waals surface area contributed by atoms with Crippen LogP contribution in [-0.4, -0.2) is 57.6 Å². The number of benzene rings is 1. The van der Waals surface area contributed by atoms with Crippen LogP contribution in [-0.2, 0) is 22.6 Å². The fourth-order valence-corrected chi connectivity index (χ4v) is 5.25. The van der Waals surface area contributed by atoms with E-state index in [4.69, 9.17) is 4.74 Å². The summed E-state index contributed by atoms with van der Waals surface area (Å²) in [5.74, 6) is 1.34. The molecule has 2 aromatic rings. The highest BCUT2D eigenvalue weighted by molar-refractivity contribution is 7.99. The molecular formula is C23H33N5O2S. The quantitative estimate of drug-likeness (QED) is 0.631. The van der Waals surface area contributed by atoms with E-state index in [1.807, 2.05) is 6.92 Å². The predicted molar refractivity (Wildman–Crippen MR) is 122 cm³/mol. The summed E-state index contributed by atoms with van der Waals surface area (Å²) in [5, 5.41) is 12.5. The molecule has 168 valence electrons. The number of nitrogens with zero attached hydrogens (tertiary/aromatic N) is 4. The van der Waals surface area contributed by atoms with Gasteiger partial charge >= 0.3 is 0 Å². The maximum Gasteiger partial charge on any atom is 0.230 e. The highest BCUT2D eigenvalue weighted by Gasteiger charge is 2.21. The highest BCUT2D eigenvalue weighted by Crippen LogP contribution is 2.32. The van der Waals surface area contributed by atoms with Crippen LogP contribution in [0.25, 0.3) is 0 Å². The lowest BCUT2D eigenvalue weighted by Crippen LogP contribution is -2.35. The number of amides is 1. The van der Waals surface area contributed by atoms with E-state index < -0.39 is 0 Å². The zero-order valence-corrected chi connectivity index (χ0v) is 19.2. The van der Waals surface area contributed by atoms with Gasteiger partial charge in [0.05, 0.1) is 19.0 Å². The number of morpholine rings is 1. The molecule has 1 aromatic heterocycles. The van der Waals surface area contributed by atoms with Gasteiger partial charge in [-0.1, -0.05) is 55.3 Å². The van der Waals surface area contributed by atoms with Gasteiger partial charge in [-0.25, -0.2) is 0 Å². The van der Waals surface area contributed by atoms with Crippen molar-refractivity contribution in [1.82, 2.24) is 25.0 Å². The molecule has 1 saturated heterocycles. The molecule has 2 aliphatic rings. The Bertz CT molecular complexity index is 842. The van der Waals surface area contributed by atoms with Crippen LogP contribution in [0.15, 0.2) is 29.4 Å². The van der Waals surface area contributed by atoms with Crippen molar-refractivity contribution in [1.29, 1.82) is 0 Å². The number of rotatable bonds is 8. The second kappa shape index (κ2) is 11.1. The standard InChI is InChI=1S/C23H33N5O2S/c1-18-25-26-23(28(18)21-5-3-2-4-6-21)31-17-22(29)24-15-19-7-9-20(10-8-19)16-27-11-13-30-14-12-27/h7-10,21H,2-6,11-17H2,1H3,(H,24,29). The van der Waals surface area contributed by atoms with Crippen molar-refractivity contribution in [2.24, 2.45) is 0 Å². The molecule has 1 saturated carbocycles. The minimum atomic E-state index is 0.0261. The SMILES string of the molecule is Cc1nnc(SCC(=O)NCc2ccc(CN3CCOCC3)cc2)n1C1CCCCC1. The molecule has 1 aliphatic heterocycles. The lowest BCUT2D eigenvalue weighted by atomic mass is 9.95. The summed E-state index contributed by atoms with van der Waals surface area (Å²) >= 11 is 1.49. The molecule has 0 radical (unpaired) electrons. The van der Waals surface area contributed by atoms with E-state index in [2.05, 4.69) is 49.2 Å². The molecule has 2 heterocycles. The van der Waals surface area contributed by atoms with Crippen molar-refractivity contribution in [2.45, 2.75) is 63.3 Å². The third kappa shape index (κ3) is 6.30. The van der Waals surface area contributed by atoms with Crippen LogP contribution in [0.2, 0.25) is 0 Å². The summed E-state index contributed by atoms with van der Waals surface area (Å²) in [6.07, 6.45) is 6.20. The van der Waals surface area contributed by atoms with Crippen LogP contribution < -0.4 is 5.32 Å². The summed E-state index contributed by atoms with van der Waals surface area (Å²) in [5.41, 5.74) is 2.41. The molecule has 1 aliphatic carbocycles. The molecule has 1 amide bonds. The third-order valence-corrected chi connectivity index (χ3v) is 7.07. The van der Waals surface area contributed by atoms with Crippen molar-refractivity contribution in [3.8, 4) is 0 Å². The summed E-state index contributed by atoms with van der Waals surface area (Å²) in [6, 6.07) is 8.99. The second-order valence-corrected chi connectivity index (χ2v) is 9.40. The number of aromatic nitrogens is 3. The summed E-state index contributed by atoms with van der Waals surface area (Å²) < 4.78 is 7.65. The van der Waals surface area contributed by atoms with E-state index in [-0.39, 0.29) is 5.91 Å². The topological polar surface area (TPSA) is 72.3 Å². The first-order valence-electron chi connectivity index (χ1n) is 11.4. The fourth-order valence-electron chi connectivity index (χ4n) is 4.37. The Morgan fingerprint density at radius 1 is 1.10 bits per heavy atom. The third-order valence-electron chi connectivity index (χ3n) is 6.13. The zero-order valence-electron chi connectivity index (χ0n) is 18.4. The molecular weight excluding hydrogens is 410 g/mol. The van der Waals surface area contributed by atoms with Crippen LogP contribution in [0.1, 0.15) is 55.1 Å². The van der Waals surface area contributed by atoms with Crippen LogP contribution in [0.4, 0.5) is 0 Å². The van der Waals surface area contributed by atoms with E-state index in [1.165, 1.54) is 49.4 Å². The van der Waals surface area contributed by atoms with E-state index >= 15 is 0 Å². The molecule has 1 aromatic carbocycles. The predicted octanol–water partition coefficient (Wildman–Crippen LogP) is 3.33. The van der Waals surface area contributed by atoms with Crippen LogP contribution in [0.5, 0.6) is 0 Å². The van der Waals surface area contributed by atoms with Gasteiger partial charge in [0.1, 0.15) is 5.82 Å². The van der Waals surface area contributed by atoms with Crippen LogP contribution >= 0.6 is 11.8 Å². The molecule has 2 fully saturated rings. The minimum Gasteiger partial charge on any atom is -0.379 e. The Balaban J connectivity index is 1.22. The summed E-state index contributed by atoms with van der Waals surface area (Å²) in [4.78, 5) is 14.8. The van der Waals surface area contributed by atoms with Crippen molar-refractivity contribution < 1.29 is 9.53 Å². The minimum absolute atomic E-state index is 0.0261. The lowest BCUT2D eigenvalue weighted by molar-refractivity contribution is -0.118. The van der Waals surface area contributed by atoms with Gasteiger partial charge in [0, 0.05) is 32.2 Å². The number of nitrogens with one attached hydrogen (secondary N) is 1. The van der Waals surface area contributed by atoms with E-state index in [0.717, 1.165) is 49.4 Å². The Morgan fingerprint density at radius 2 is 1.81 bits per heavy atom.